The van der Waals surface area contributed by atoms with E-state index in [1.165, 1.54) is 11.1 Å². The summed E-state index contributed by atoms with van der Waals surface area (Å²) in [5, 5.41) is 3.77. The molecule has 1 fully saturated rings. The molecule has 0 bridgehead atoms. The SMILES string of the molecule is COC1CC(NC(C)c2ccc(CC(C)C)cc2)C1(C)C. The fraction of sp³-hybridized carbons (Fsp3) is 0.684. The number of ether oxygens (including phenoxy) is 1. The number of rotatable bonds is 6. The van der Waals surface area contributed by atoms with E-state index in [1.807, 2.05) is 7.11 Å². The maximum atomic E-state index is 5.53. The Hall–Kier alpha value is -0.860. The van der Waals surface area contributed by atoms with Gasteiger partial charge in [0.2, 0.25) is 0 Å². The number of benzene rings is 1. The summed E-state index contributed by atoms with van der Waals surface area (Å²) in [6.45, 7) is 11.4. The van der Waals surface area contributed by atoms with Gasteiger partial charge in [-0.15, -0.1) is 0 Å². The van der Waals surface area contributed by atoms with Crippen LogP contribution in [-0.2, 0) is 11.2 Å². The van der Waals surface area contributed by atoms with Gasteiger partial charge >= 0.3 is 0 Å². The molecule has 21 heavy (non-hydrogen) atoms. The summed E-state index contributed by atoms with van der Waals surface area (Å²) in [4.78, 5) is 0. The lowest BCUT2D eigenvalue weighted by molar-refractivity contribution is -0.0999. The van der Waals surface area contributed by atoms with Gasteiger partial charge in [-0.2, -0.15) is 0 Å². The molecule has 0 aromatic heterocycles. The minimum Gasteiger partial charge on any atom is -0.381 e. The second-order valence-corrected chi connectivity index (χ2v) is 7.56. The van der Waals surface area contributed by atoms with Gasteiger partial charge in [0, 0.05) is 24.6 Å². The van der Waals surface area contributed by atoms with Crippen LogP contribution >= 0.6 is 0 Å². The molecule has 3 unspecified atom stereocenters. The molecule has 2 heteroatoms. The van der Waals surface area contributed by atoms with Gasteiger partial charge in [-0.25, -0.2) is 0 Å². The molecule has 0 heterocycles. The van der Waals surface area contributed by atoms with Crippen LogP contribution in [0.3, 0.4) is 0 Å². The standard InChI is InChI=1S/C19H31NO/c1-13(2)11-15-7-9-16(10-8-15)14(3)20-17-12-18(21-6)19(17,4)5/h7-10,13-14,17-18,20H,11-12H2,1-6H3. The molecule has 1 saturated carbocycles. The molecule has 0 aliphatic heterocycles. The van der Waals surface area contributed by atoms with Crippen molar-refractivity contribution in [1.29, 1.82) is 0 Å². The molecular weight excluding hydrogens is 258 g/mol. The highest BCUT2D eigenvalue weighted by Crippen LogP contribution is 2.43. The van der Waals surface area contributed by atoms with E-state index in [4.69, 9.17) is 4.74 Å². The van der Waals surface area contributed by atoms with E-state index in [1.54, 1.807) is 0 Å². The minimum absolute atomic E-state index is 0.223. The van der Waals surface area contributed by atoms with Gasteiger partial charge in [0.25, 0.3) is 0 Å². The average molecular weight is 289 g/mol. The molecule has 1 aliphatic rings. The third-order valence-corrected chi connectivity index (χ3v) is 5.04. The molecular formula is C19H31NO. The summed E-state index contributed by atoms with van der Waals surface area (Å²) in [5.74, 6) is 0.716. The molecule has 2 nitrogen and oxygen atoms in total. The maximum Gasteiger partial charge on any atom is 0.0652 e. The van der Waals surface area contributed by atoms with Crippen molar-refractivity contribution in [2.24, 2.45) is 11.3 Å². The first kappa shape index (κ1) is 16.5. The molecule has 1 aromatic rings. The first-order valence-electron chi connectivity index (χ1n) is 8.22. The summed E-state index contributed by atoms with van der Waals surface area (Å²) in [6.07, 6.45) is 2.66. The van der Waals surface area contributed by atoms with Crippen molar-refractivity contribution in [3.63, 3.8) is 0 Å². The molecule has 1 aliphatic carbocycles. The Bertz CT molecular complexity index is 449. The number of hydrogen-bond donors (Lipinski definition) is 1. The smallest absolute Gasteiger partial charge is 0.0652 e. The van der Waals surface area contributed by atoms with Gasteiger partial charge in [-0.3, -0.25) is 0 Å². The Morgan fingerprint density at radius 3 is 2.29 bits per heavy atom. The molecule has 1 N–H and O–H groups in total. The maximum absolute atomic E-state index is 5.53. The van der Waals surface area contributed by atoms with Crippen LogP contribution in [0.1, 0.15) is 58.2 Å². The van der Waals surface area contributed by atoms with E-state index in [0.29, 0.717) is 24.1 Å². The number of hydrogen-bond acceptors (Lipinski definition) is 2. The van der Waals surface area contributed by atoms with E-state index in [2.05, 4.69) is 64.2 Å². The van der Waals surface area contributed by atoms with E-state index in [9.17, 15) is 0 Å². The topological polar surface area (TPSA) is 21.3 Å². The summed E-state index contributed by atoms with van der Waals surface area (Å²) >= 11 is 0. The van der Waals surface area contributed by atoms with Crippen LogP contribution in [0.25, 0.3) is 0 Å². The summed E-state index contributed by atoms with van der Waals surface area (Å²) in [5.41, 5.74) is 3.03. The van der Waals surface area contributed by atoms with Crippen molar-refractivity contribution in [3.8, 4) is 0 Å². The largest absolute Gasteiger partial charge is 0.381 e. The van der Waals surface area contributed by atoms with Gasteiger partial charge in [-0.1, -0.05) is 52.0 Å². The van der Waals surface area contributed by atoms with E-state index < -0.39 is 0 Å². The molecule has 0 amide bonds. The quantitative estimate of drug-likeness (QED) is 0.840. The van der Waals surface area contributed by atoms with Crippen LogP contribution < -0.4 is 5.32 Å². The molecule has 0 saturated heterocycles. The zero-order valence-electron chi connectivity index (χ0n) is 14.4. The van der Waals surface area contributed by atoms with E-state index in [0.717, 1.165) is 12.8 Å². The monoisotopic (exact) mass is 289 g/mol. The van der Waals surface area contributed by atoms with Crippen LogP contribution in [0, 0.1) is 11.3 Å². The Labute approximate surface area is 130 Å². The Balaban J connectivity index is 1.93. The van der Waals surface area contributed by atoms with Crippen molar-refractivity contribution < 1.29 is 4.74 Å². The van der Waals surface area contributed by atoms with Gasteiger partial charge in [0.15, 0.2) is 0 Å². The normalized spacial score (nSPS) is 25.7. The van der Waals surface area contributed by atoms with Crippen LogP contribution in [0.4, 0.5) is 0 Å². The third kappa shape index (κ3) is 3.67. The summed E-state index contributed by atoms with van der Waals surface area (Å²) in [7, 11) is 1.82. The zero-order chi connectivity index (χ0) is 15.6. The Morgan fingerprint density at radius 2 is 1.81 bits per heavy atom. The second-order valence-electron chi connectivity index (χ2n) is 7.56. The molecule has 1 aromatic carbocycles. The molecule has 118 valence electrons. The predicted molar refractivity (Wildman–Crippen MR) is 89.5 cm³/mol. The van der Waals surface area contributed by atoms with Gasteiger partial charge < -0.3 is 10.1 Å². The van der Waals surface area contributed by atoms with Crippen molar-refractivity contribution >= 4 is 0 Å². The van der Waals surface area contributed by atoms with E-state index >= 15 is 0 Å². The van der Waals surface area contributed by atoms with Gasteiger partial charge in [-0.05, 0) is 36.8 Å². The van der Waals surface area contributed by atoms with Crippen LogP contribution in [-0.4, -0.2) is 19.3 Å². The van der Waals surface area contributed by atoms with Gasteiger partial charge in [0.1, 0.15) is 0 Å². The second kappa shape index (κ2) is 6.50. The first-order chi connectivity index (χ1) is 9.84. The third-order valence-electron chi connectivity index (χ3n) is 5.04. The fourth-order valence-electron chi connectivity index (χ4n) is 3.38. The fourth-order valence-corrected chi connectivity index (χ4v) is 3.38. The highest BCUT2D eigenvalue weighted by atomic mass is 16.5. The van der Waals surface area contributed by atoms with Crippen molar-refractivity contribution in [1.82, 2.24) is 5.32 Å². The lowest BCUT2D eigenvalue weighted by Gasteiger charge is -2.52. The first-order valence-corrected chi connectivity index (χ1v) is 8.22. The van der Waals surface area contributed by atoms with Crippen LogP contribution in [0.2, 0.25) is 0 Å². The molecule has 0 spiro atoms. The van der Waals surface area contributed by atoms with E-state index in [-0.39, 0.29) is 5.41 Å². The van der Waals surface area contributed by atoms with Crippen molar-refractivity contribution in [2.45, 2.75) is 65.6 Å². The van der Waals surface area contributed by atoms with Crippen molar-refractivity contribution in [3.05, 3.63) is 35.4 Å². The Kier molecular flexibility index (Phi) is 5.11. The highest BCUT2D eigenvalue weighted by molar-refractivity contribution is 5.25. The molecule has 3 atom stereocenters. The van der Waals surface area contributed by atoms with Gasteiger partial charge in [0.05, 0.1) is 6.10 Å². The number of nitrogens with one attached hydrogen (secondary N) is 1. The van der Waals surface area contributed by atoms with Crippen LogP contribution in [0.15, 0.2) is 24.3 Å². The average Bonchev–Trinajstić information content (AvgIpc) is 2.42. The number of methoxy groups -OCH3 is 1. The minimum atomic E-state index is 0.223. The summed E-state index contributed by atoms with van der Waals surface area (Å²) in [6, 6.07) is 10.0. The molecule has 2 rings (SSSR count). The lowest BCUT2D eigenvalue weighted by Crippen LogP contribution is -2.60. The summed E-state index contributed by atoms with van der Waals surface area (Å²) < 4.78 is 5.53. The molecule has 0 radical (unpaired) electrons. The van der Waals surface area contributed by atoms with Crippen LogP contribution in [0.5, 0.6) is 0 Å². The predicted octanol–water partition coefficient (Wildman–Crippen LogP) is 4.35. The lowest BCUT2D eigenvalue weighted by atomic mass is 9.64. The Morgan fingerprint density at radius 1 is 1.19 bits per heavy atom. The zero-order valence-corrected chi connectivity index (χ0v) is 14.4. The van der Waals surface area contributed by atoms with Crippen molar-refractivity contribution in [2.75, 3.05) is 7.11 Å². The highest BCUT2D eigenvalue weighted by Gasteiger charge is 2.48.